The average molecular weight is 311 g/mol. The summed E-state index contributed by atoms with van der Waals surface area (Å²) in [6.07, 6.45) is 5.70. The van der Waals surface area contributed by atoms with Gasteiger partial charge in [-0.05, 0) is 50.0 Å². The highest BCUT2D eigenvalue weighted by Crippen LogP contribution is 2.12. The van der Waals surface area contributed by atoms with Crippen molar-refractivity contribution in [1.82, 2.24) is 15.6 Å². The number of hydrogen-bond donors (Lipinski definition) is 3. The number of hydrogen-bond acceptors (Lipinski definition) is 3. The predicted octanol–water partition coefficient (Wildman–Crippen LogP) is 1.98. The van der Waals surface area contributed by atoms with Gasteiger partial charge in [0, 0.05) is 35.6 Å². The summed E-state index contributed by atoms with van der Waals surface area (Å²) in [7, 11) is 0. The minimum Gasteiger partial charge on any atom is -0.367 e. The lowest BCUT2D eigenvalue weighted by Crippen LogP contribution is -2.38. The first-order valence-electron chi connectivity index (χ1n) is 8.00. The highest BCUT2D eigenvalue weighted by atomic mass is 16.1. The second-order valence-corrected chi connectivity index (χ2v) is 5.93. The third-order valence-corrected chi connectivity index (χ3v) is 4.22. The van der Waals surface area contributed by atoms with Crippen molar-refractivity contribution in [3.05, 3.63) is 59.4 Å². The summed E-state index contributed by atoms with van der Waals surface area (Å²) < 4.78 is 0. The molecule has 0 saturated carbocycles. The number of H-pyrrole nitrogens is 1. The Hall–Kier alpha value is -2.40. The van der Waals surface area contributed by atoms with Crippen molar-refractivity contribution in [2.45, 2.75) is 12.8 Å². The number of nitrogens with one attached hydrogen (secondary N) is 3. The number of piperidine rings is 1. The fourth-order valence-corrected chi connectivity index (χ4v) is 2.84. The summed E-state index contributed by atoms with van der Waals surface area (Å²) in [5.41, 5.74) is 1.78. The molecule has 2 aromatic rings. The molecule has 1 amide bonds. The van der Waals surface area contributed by atoms with Crippen LogP contribution in [0.4, 0.5) is 0 Å². The molecule has 2 heterocycles. The fourth-order valence-electron chi connectivity index (χ4n) is 2.84. The Morgan fingerprint density at radius 2 is 1.87 bits per heavy atom. The predicted molar refractivity (Wildman–Crippen MR) is 88.6 cm³/mol. The van der Waals surface area contributed by atoms with Gasteiger partial charge in [0.15, 0.2) is 5.78 Å². The zero-order valence-electron chi connectivity index (χ0n) is 13.0. The van der Waals surface area contributed by atoms with Crippen LogP contribution in [0.1, 0.15) is 39.1 Å². The van der Waals surface area contributed by atoms with Crippen molar-refractivity contribution in [1.29, 1.82) is 0 Å². The largest absolute Gasteiger partial charge is 0.367 e. The van der Waals surface area contributed by atoms with Crippen molar-refractivity contribution in [2.24, 2.45) is 5.92 Å². The number of aromatic amines is 1. The Balaban J connectivity index is 1.58. The van der Waals surface area contributed by atoms with Gasteiger partial charge in [-0.1, -0.05) is 12.1 Å². The maximum Gasteiger partial charge on any atom is 0.251 e. The first kappa shape index (κ1) is 15.5. The van der Waals surface area contributed by atoms with E-state index >= 15 is 0 Å². The molecule has 1 aromatic carbocycles. The number of benzene rings is 1. The molecule has 5 heteroatoms. The first-order chi connectivity index (χ1) is 11.2. The molecule has 1 aromatic heterocycles. The van der Waals surface area contributed by atoms with Crippen LogP contribution in [0.3, 0.4) is 0 Å². The van der Waals surface area contributed by atoms with Crippen LogP contribution in [-0.4, -0.2) is 36.3 Å². The Bertz CT molecular complexity index is 656. The number of carbonyl (C=O) groups excluding carboxylic acids is 2. The number of rotatable bonds is 5. The van der Waals surface area contributed by atoms with E-state index in [0.29, 0.717) is 29.2 Å². The lowest BCUT2D eigenvalue weighted by molar-refractivity contribution is 0.0943. The molecule has 3 rings (SSSR count). The molecule has 23 heavy (non-hydrogen) atoms. The van der Waals surface area contributed by atoms with Gasteiger partial charge in [0.05, 0.1) is 0 Å². The van der Waals surface area contributed by atoms with E-state index in [4.69, 9.17) is 0 Å². The van der Waals surface area contributed by atoms with Crippen LogP contribution < -0.4 is 10.6 Å². The monoisotopic (exact) mass is 311 g/mol. The smallest absolute Gasteiger partial charge is 0.251 e. The zero-order valence-corrected chi connectivity index (χ0v) is 13.0. The van der Waals surface area contributed by atoms with Gasteiger partial charge in [-0.25, -0.2) is 0 Å². The highest BCUT2D eigenvalue weighted by molar-refractivity contribution is 6.09. The van der Waals surface area contributed by atoms with E-state index in [2.05, 4.69) is 15.6 Å². The number of ketones is 1. The molecule has 1 fully saturated rings. The Morgan fingerprint density at radius 1 is 1.09 bits per heavy atom. The van der Waals surface area contributed by atoms with Gasteiger partial charge in [-0.3, -0.25) is 9.59 Å². The Kier molecular flexibility index (Phi) is 4.88. The highest BCUT2D eigenvalue weighted by Gasteiger charge is 2.15. The van der Waals surface area contributed by atoms with Crippen LogP contribution in [0.15, 0.2) is 42.7 Å². The van der Waals surface area contributed by atoms with E-state index in [1.807, 2.05) is 0 Å². The van der Waals surface area contributed by atoms with Gasteiger partial charge >= 0.3 is 0 Å². The van der Waals surface area contributed by atoms with E-state index in [-0.39, 0.29) is 11.7 Å². The Morgan fingerprint density at radius 3 is 2.52 bits per heavy atom. The van der Waals surface area contributed by atoms with Crippen LogP contribution in [0.5, 0.6) is 0 Å². The number of carbonyl (C=O) groups is 2. The minimum atomic E-state index is -0.0868. The normalized spacial score (nSPS) is 17.7. The van der Waals surface area contributed by atoms with Crippen molar-refractivity contribution in [3.8, 4) is 0 Å². The van der Waals surface area contributed by atoms with Gasteiger partial charge in [0.25, 0.3) is 5.91 Å². The van der Waals surface area contributed by atoms with Crippen molar-refractivity contribution >= 4 is 11.7 Å². The summed E-state index contributed by atoms with van der Waals surface area (Å²) in [5.74, 6) is 0.366. The molecule has 0 radical (unpaired) electrons. The summed E-state index contributed by atoms with van der Waals surface area (Å²) in [4.78, 5) is 27.2. The van der Waals surface area contributed by atoms with E-state index in [1.54, 1.807) is 42.7 Å². The lowest BCUT2D eigenvalue weighted by atomic mass is 9.99. The van der Waals surface area contributed by atoms with Crippen LogP contribution in [0.25, 0.3) is 0 Å². The SMILES string of the molecule is O=C(NCC1CCCNC1)c1ccc(C(=O)c2cc[nH]c2)cc1. The molecule has 5 nitrogen and oxygen atoms in total. The van der Waals surface area contributed by atoms with Crippen molar-refractivity contribution in [2.75, 3.05) is 19.6 Å². The molecule has 1 saturated heterocycles. The molecule has 0 aliphatic carbocycles. The molecule has 0 bridgehead atoms. The van der Waals surface area contributed by atoms with Crippen LogP contribution >= 0.6 is 0 Å². The molecule has 1 aliphatic rings. The third-order valence-electron chi connectivity index (χ3n) is 4.22. The van der Waals surface area contributed by atoms with Gasteiger partial charge < -0.3 is 15.6 Å². The average Bonchev–Trinajstić information content (AvgIpc) is 3.15. The van der Waals surface area contributed by atoms with Gasteiger partial charge in [-0.2, -0.15) is 0 Å². The molecule has 1 atom stereocenters. The quantitative estimate of drug-likeness (QED) is 0.739. The maximum atomic E-state index is 12.2. The number of aromatic nitrogens is 1. The van der Waals surface area contributed by atoms with E-state index in [0.717, 1.165) is 25.9 Å². The molecule has 1 unspecified atom stereocenters. The summed E-state index contributed by atoms with van der Waals surface area (Å²) in [6, 6.07) is 8.54. The summed E-state index contributed by atoms with van der Waals surface area (Å²) in [6.45, 7) is 2.72. The molecular weight excluding hydrogens is 290 g/mol. The van der Waals surface area contributed by atoms with E-state index in [1.165, 1.54) is 0 Å². The summed E-state index contributed by atoms with van der Waals surface area (Å²) in [5, 5.41) is 6.32. The number of amides is 1. The molecular formula is C18H21N3O2. The van der Waals surface area contributed by atoms with Crippen LogP contribution in [0.2, 0.25) is 0 Å². The lowest BCUT2D eigenvalue weighted by Gasteiger charge is -2.22. The van der Waals surface area contributed by atoms with E-state index in [9.17, 15) is 9.59 Å². The second-order valence-electron chi connectivity index (χ2n) is 5.93. The Labute approximate surface area is 135 Å². The molecule has 0 spiro atoms. The topological polar surface area (TPSA) is 74.0 Å². The van der Waals surface area contributed by atoms with E-state index < -0.39 is 0 Å². The fraction of sp³-hybridized carbons (Fsp3) is 0.333. The van der Waals surface area contributed by atoms with Crippen molar-refractivity contribution in [3.63, 3.8) is 0 Å². The summed E-state index contributed by atoms with van der Waals surface area (Å²) >= 11 is 0. The maximum absolute atomic E-state index is 12.2. The molecule has 1 aliphatic heterocycles. The first-order valence-corrected chi connectivity index (χ1v) is 8.00. The molecule has 120 valence electrons. The van der Waals surface area contributed by atoms with Gasteiger partial charge in [0.1, 0.15) is 0 Å². The standard InChI is InChI=1S/C18H21N3O2/c22-17(16-7-9-20-12-16)14-3-5-15(6-4-14)18(23)21-11-13-2-1-8-19-10-13/h3-7,9,12-13,19-20H,1-2,8,10-11H2,(H,21,23). The van der Waals surface area contributed by atoms with Crippen LogP contribution in [0, 0.1) is 5.92 Å². The molecule has 3 N–H and O–H groups in total. The minimum absolute atomic E-state index is 0.0495. The van der Waals surface area contributed by atoms with Gasteiger partial charge in [-0.15, -0.1) is 0 Å². The van der Waals surface area contributed by atoms with Gasteiger partial charge in [0.2, 0.25) is 0 Å². The second kappa shape index (κ2) is 7.24. The van der Waals surface area contributed by atoms with Crippen LogP contribution in [-0.2, 0) is 0 Å². The van der Waals surface area contributed by atoms with Crippen molar-refractivity contribution < 1.29 is 9.59 Å². The zero-order chi connectivity index (χ0) is 16.1. The third kappa shape index (κ3) is 3.87.